The second-order valence-corrected chi connectivity index (χ2v) is 6.05. The van der Waals surface area contributed by atoms with Crippen molar-refractivity contribution in [3.05, 3.63) is 58.8 Å². The maximum absolute atomic E-state index is 5.83. The second-order valence-electron chi connectivity index (χ2n) is 4.20. The lowest BCUT2D eigenvalue weighted by molar-refractivity contribution is 1.01. The Labute approximate surface area is 129 Å². The molecule has 0 spiro atoms. The third kappa shape index (κ3) is 2.52. The van der Waals surface area contributed by atoms with Gasteiger partial charge in [-0.15, -0.1) is 11.3 Å². The van der Waals surface area contributed by atoms with Gasteiger partial charge in [0.1, 0.15) is 10.7 Å². The van der Waals surface area contributed by atoms with Gasteiger partial charge in [-0.1, -0.05) is 30.3 Å². The van der Waals surface area contributed by atoms with Crippen LogP contribution < -0.4 is 5.73 Å². The number of benzene rings is 1. The van der Waals surface area contributed by atoms with E-state index in [1.807, 2.05) is 30.3 Å². The van der Waals surface area contributed by atoms with E-state index in [1.54, 1.807) is 17.5 Å². The molecule has 20 heavy (non-hydrogen) atoms. The van der Waals surface area contributed by atoms with Crippen LogP contribution in [0.5, 0.6) is 0 Å². The summed E-state index contributed by atoms with van der Waals surface area (Å²) in [6, 6.07) is 14.0. The Bertz CT molecular complexity index is 725. The van der Waals surface area contributed by atoms with Gasteiger partial charge in [-0.05, 0) is 33.6 Å². The predicted molar refractivity (Wildman–Crippen MR) is 86.4 cm³/mol. The minimum atomic E-state index is 0.422. The molecule has 0 aliphatic carbocycles. The average molecular weight is 346 g/mol. The van der Waals surface area contributed by atoms with Crippen LogP contribution >= 0.6 is 27.3 Å². The topological polar surface area (TPSA) is 51.8 Å². The molecule has 0 saturated heterocycles. The van der Waals surface area contributed by atoms with Crippen molar-refractivity contribution in [3.63, 3.8) is 0 Å². The molecule has 0 saturated carbocycles. The highest BCUT2D eigenvalue weighted by atomic mass is 79.9. The molecule has 0 bridgehead atoms. The summed E-state index contributed by atoms with van der Waals surface area (Å²) in [7, 11) is 0. The SMILES string of the molecule is NCc1nc(-c2ncccc2Br)sc1-c1ccccc1. The largest absolute Gasteiger partial charge is 0.325 e. The van der Waals surface area contributed by atoms with Gasteiger partial charge in [0.15, 0.2) is 0 Å². The first-order valence-electron chi connectivity index (χ1n) is 6.15. The first-order chi connectivity index (χ1) is 9.79. The molecule has 3 rings (SSSR count). The molecule has 5 heteroatoms. The van der Waals surface area contributed by atoms with Crippen LogP contribution in [0.2, 0.25) is 0 Å². The summed E-state index contributed by atoms with van der Waals surface area (Å²) in [4.78, 5) is 10.1. The van der Waals surface area contributed by atoms with E-state index in [0.717, 1.165) is 31.3 Å². The molecule has 0 amide bonds. The van der Waals surface area contributed by atoms with Gasteiger partial charge in [-0.2, -0.15) is 0 Å². The van der Waals surface area contributed by atoms with E-state index in [0.29, 0.717) is 6.54 Å². The molecule has 0 aliphatic heterocycles. The van der Waals surface area contributed by atoms with Crippen LogP contribution in [-0.2, 0) is 6.54 Å². The number of rotatable bonds is 3. The average Bonchev–Trinajstić information content (AvgIpc) is 2.92. The third-order valence-electron chi connectivity index (χ3n) is 2.89. The van der Waals surface area contributed by atoms with E-state index in [-0.39, 0.29) is 0 Å². The van der Waals surface area contributed by atoms with Gasteiger partial charge in [-0.25, -0.2) is 4.98 Å². The maximum Gasteiger partial charge on any atom is 0.143 e. The molecular formula is C15H12BrN3S. The van der Waals surface area contributed by atoms with Crippen LogP contribution in [0.3, 0.4) is 0 Å². The van der Waals surface area contributed by atoms with Crippen LogP contribution in [0.4, 0.5) is 0 Å². The molecule has 1 aromatic carbocycles. The molecular weight excluding hydrogens is 334 g/mol. The van der Waals surface area contributed by atoms with Crippen LogP contribution in [0, 0.1) is 0 Å². The fraction of sp³-hybridized carbons (Fsp3) is 0.0667. The normalized spacial score (nSPS) is 10.7. The fourth-order valence-electron chi connectivity index (χ4n) is 1.95. The first kappa shape index (κ1) is 13.4. The quantitative estimate of drug-likeness (QED) is 0.777. The summed E-state index contributed by atoms with van der Waals surface area (Å²) < 4.78 is 0.942. The summed E-state index contributed by atoms with van der Waals surface area (Å²) in [5.74, 6) is 0. The standard InChI is InChI=1S/C15H12BrN3S/c16-11-7-4-8-18-13(11)15-19-12(9-17)14(20-15)10-5-2-1-3-6-10/h1-8H,9,17H2. The molecule has 0 aliphatic rings. The van der Waals surface area contributed by atoms with Crippen molar-refractivity contribution < 1.29 is 0 Å². The van der Waals surface area contributed by atoms with E-state index in [2.05, 4.69) is 38.0 Å². The van der Waals surface area contributed by atoms with Crippen molar-refractivity contribution in [1.29, 1.82) is 0 Å². The van der Waals surface area contributed by atoms with Crippen molar-refractivity contribution >= 4 is 27.3 Å². The Morgan fingerprint density at radius 1 is 1.10 bits per heavy atom. The van der Waals surface area contributed by atoms with Gasteiger partial charge in [-0.3, -0.25) is 4.98 Å². The zero-order chi connectivity index (χ0) is 13.9. The van der Waals surface area contributed by atoms with Crippen molar-refractivity contribution in [1.82, 2.24) is 9.97 Å². The Morgan fingerprint density at radius 2 is 1.90 bits per heavy atom. The lowest BCUT2D eigenvalue weighted by Gasteiger charge is -1.98. The second kappa shape index (κ2) is 5.83. The van der Waals surface area contributed by atoms with Crippen molar-refractivity contribution in [2.24, 2.45) is 5.73 Å². The smallest absolute Gasteiger partial charge is 0.143 e. The zero-order valence-electron chi connectivity index (χ0n) is 10.6. The molecule has 2 aromatic heterocycles. The molecule has 0 fully saturated rings. The van der Waals surface area contributed by atoms with E-state index < -0.39 is 0 Å². The summed E-state index contributed by atoms with van der Waals surface area (Å²) in [5, 5.41) is 0.886. The monoisotopic (exact) mass is 345 g/mol. The first-order valence-corrected chi connectivity index (χ1v) is 7.76. The van der Waals surface area contributed by atoms with Gasteiger partial charge in [0.05, 0.1) is 10.6 Å². The van der Waals surface area contributed by atoms with Gasteiger partial charge in [0.25, 0.3) is 0 Å². The van der Waals surface area contributed by atoms with E-state index in [1.165, 1.54) is 0 Å². The molecule has 0 unspecified atom stereocenters. The van der Waals surface area contributed by atoms with E-state index in [4.69, 9.17) is 5.73 Å². The number of nitrogens with two attached hydrogens (primary N) is 1. The molecule has 2 N–H and O–H groups in total. The number of pyridine rings is 1. The van der Waals surface area contributed by atoms with Crippen LogP contribution in [0.15, 0.2) is 53.1 Å². The van der Waals surface area contributed by atoms with Crippen molar-refractivity contribution in [2.45, 2.75) is 6.54 Å². The van der Waals surface area contributed by atoms with Crippen LogP contribution in [0.25, 0.3) is 21.1 Å². The number of hydrogen-bond acceptors (Lipinski definition) is 4. The van der Waals surface area contributed by atoms with Crippen LogP contribution in [-0.4, -0.2) is 9.97 Å². The molecule has 3 nitrogen and oxygen atoms in total. The Kier molecular flexibility index (Phi) is 3.91. The van der Waals surface area contributed by atoms with Gasteiger partial charge < -0.3 is 5.73 Å². The molecule has 0 radical (unpaired) electrons. The number of halogens is 1. The van der Waals surface area contributed by atoms with Gasteiger partial charge in [0.2, 0.25) is 0 Å². The number of thiazole rings is 1. The summed E-state index contributed by atoms with van der Waals surface area (Å²) in [6.07, 6.45) is 1.77. The highest BCUT2D eigenvalue weighted by molar-refractivity contribution is 9.10. The van der Waals surface area contributed by atoms with Crippen molar-refractivity contribution in [2.75, 3.05) is 0 Å². The van der Waals surface area contributed by atoms with Crippen LogP contribution in [0.1, 0.15) is 5.69 Å². The minimum Gasteiger partial charge on any atom is -0.325 e. The van der Waals surface area contributed by atoms with Crippen molar-refractivity contribution in [3.8, 4) is 21.1 Å². The Morgan fingerprint density at radius 3 is 2.60 bits per heavy atom. The van der Waals surface area contributed by atoms with Gasteiger partial charge >= 0.3 is 0 Å². The summed E-state index contributed by atoms with van der Waals surface area (Å²) >= 11 is 5.14. The molecule has 0 atom stereocenters. The highest BCUT2D eigenvalue weighted by Gasteiger charge is 2.15. The Hall–Kier alpha value is -1.56. The maximum atomic E-state index is 5.83. The molecule has 2 heterocycles. The predicted octanol–water partition coefficient (Wildman–Crippen LogP) is 4.09. The lowest BCUT2D eigenvalue weighted by Crippen LogP contribution is -1.98. The third-order valence-corrected chi connectivity index (χ3v) is 4.68. The molecule has 100 valence electrons. The summed E-state index contributed by atoms with van der Waals surface area (Å²) in [5.41, 5.74) is 8.74. The summed E-state index contributed by atoms with van der Waals surface area (Å²) in [6.45, 7) is 0.422. The zero-order valence-corrected chi connectivity index (χ0v) is 13.0. The minimum absolute atomic E-state index is 0.422. The van der Waals surface area contributed by atoms with E-state index in [9.17, 15) is 0 Å². The number of nitrogens with zero attached hydrogens (tertiary/aromatic N) is 2. The van der Waals surface area contributed by atoms with E-state index >= 15 is 0 Å². The number of hydrogen-bond donors (Lipinski definition) is 1. The highest BCUT2D eigenvalue weighted by Crippen LogP contribution is 2.36. The number of aromatic nitrogens is 2. The fourth-order valence-corrected chi connectivity index (χ4v) is 3.63. The van der Waals surface area contributed by atoms with Gasteiger partial charge in [0, 0.05) is 17.2 Å². The lowest BCUT2D eigenvalue weighted by atomic mass is 10.1. The Balaban J connectivity index is 2.13. The molecule has 3 aromatic rings.